The molecule has 1 heterocycles. The first kappa shape index (κ1) is 13.0. The van der Waals surface area contributed by atoms with Gasteiger partial charge < -0.3 is 9.64 Å². The second-order valence-corrected chi connectivity index (χ2v) is 5.22. The fourth-order valence-electron chi connectivity index (χ4n) is 1.99. The highest BCUT2D eigenvalue weighted by atomic mass is 16.5. The highest BCUT2D eigenvalue weighted by molar-refractivity contribution is 5.84. The first-order valence-electron chi connectivity index (χ1n) is 5.60. The maximum atomic E-state index is 12.1. The molecule has 4 nitrogen and oxygen atoms in total. The smallest absolute Gasteiger partial charge is 0.242 e. The minimum absolute atomic E-state index is 0.0991. The summed E-state index contributed by atoms with van der Waals surface area (Å²) in [5.74, 6) is -0.0991. The second kappa shape index (κ2) is 4.42. The molecule has 1 rings (SSSR count). The van der Waals surface area contributed by atoms with E-state index in [1.54, 1.807) is 25.9 Å². The fraction of sp³-hybridized carbons (Fsp3) is 0.833. The number of likely N-dealkylation sites (tertiary alicyclic amines) is 1. The molecule has 0 spiro atoms. The summed E-state index contributed by atoms with van der Waals surface area (Å²) in [4.78, 5) is 13.8. The Kier molecular flexibility index (Phi) is 3.59. The van der Waals surface area contributed by atoms with Crippen LogP contribution in [-0.2, 0) is 9.53 Å². The molecule has 0 aromatic heterocycles. The number of nitriles is 1. The number of methoxy groups -OCH3 is 1. The molecule has 0 bridgehead atoms. The zero-order valence-corrected chi connectivity index (χ0v) is 10.5. The van der Waals surface area contributed by atoms with Crippen LogP contribution >= 0.6 is 0 Å². The normalized spacial score (nSPS) is 26.3. The molecule has 0 radical (unpaired) electrons. The molecule has 16 heavy (non-hydrogen) atoms. The summed E-state index contributed by atoms with van der Waals surface area (Å²) in [7, 11) is 1.67. The van der Waals surface area contributed by atoms with E-state index in [4.69, 9.17) is 10.00 Å². The van der Waals surface area contributed by atoms with E-state index < -0.39 is 5.41 Å². The first-order chi connectivity index (χ1) is 7.34. The third kappa shape index (κ3) is 2.53. The van der Waals surface area contributed by atoms with Gasteiger partial charge in [0.15, 0.2) is 0 Å². The Morgan fingerprint density at radius 3 is 2.69 bits per heavy atom. The predicted molar refractivity (Wildman–Crippen MR) is 60.6 cm³/mol. The highest BCUT2D eigenvalue weighted by Gasteiger charge is 2.38. The largest absolute Gasteiger partial charge is 0.377 e. The van der Waals surface area contributed by atoms with Crippen molar-refractivity contribution in [3.63, 3.8) is 0 Å². The van der Waals surface area contributed by atoms with E-state index in [2.05, 4.69) is 6.07 Å². The van der Waals surface area contributed by atoms with Crippen LogP contribution in [0.25, 0.3) is 0 Å². The van der Waals surface area contributed by atoms with E-state index in [0.29, 0.717) is 6.54 Å². The lowest BCUT2D eigenvalue weighted by molar-refractivity contribution is -0.145. The Bertz CT molecular complexity index is 319. The number of carbonyl (C=O) groups is 1. The lowest BCUT2D eigenvalue weighted by Crippen LogP contribution is -2.52. The first-order valence-corrected chi connectivity index (χ1v) is 5.60. The summed E-state index contributed by atoms with van der Waals surface area (Å²) in [6, 6.07) is 2.05. The maximum absolute atomic E-state index is 12.1. The molecular weight excluding hydrogens is 204 g/mol. The molecule has 4 heteroatoms. The van der Waals surface area contributed by atoms with Gasteiger partial charge in [-0.3, -0.25) is 4.79 Å². The minimum atomic E-state index is -0.939. The number of carbonyl (C=O) groups excluding carboxylic acids is 1. The van der Waals surface area contributed by atoms with E-state index in [-0.39, 0.29) is 11.5 Å². The number of ether oxygens (including phenoxy) is 1. The fourth-order valence-corrected chi connectivity index (χ4v) is 1.99. The number of nitrogens with zero attached hydrogens (tertiary/aromatic N) is 2. The Balaban J connectivity index is 2.76. The van der Waals surface area contributed by atoms with Crippen molar-refractivity contribution in [2.45, 2.75) is 39.2 Å². The monoisotopic (exact) mass is 224 g/mol. The van der Waals surface area contributed by atoms with Gasteiger partial charge in [-0.05, 0) is 33.6 Å². The Hall–Kier alpha value is -1.08. The molecule has 1 atom stereocenters. The predicted octanol–water partition coefficient (Wildman–Crippen LogP) is 1.56. The molecule has 1 aliphatic heterocycles. The third-order valence-corrected chi connectivity index (χ3v) is 3.25. The zero-order chi connectivity index (χ0) is 12.4. The van der Waals surface area contributed by atoms with E-state index in [1.807, 2.05) is 6.92 Å². The highest BCUT2D eigenvalue weighted by Crippen LogP contribution is 2.27. The summed E-state index contributed by atoms with van der Waals surface area (Å²) in [5.41, 5.74) is -1.20. The molecule has 1 fully saturated rings. The van der Waals surface area contributed by atoms with Gasteiger partial charge in [-0.25, -0.2) is 0 Å². The number of piperidine rings is 1. The third-order valence-electron chi connectivity index (χ3n) is 3.25. The van der Waals surface area contributed by atoms with Crippen molar-refractivity contribution in [3.05, 3.63) is 0 Å². The van der Waals surface area contributed by atoms with Crippen LogP contribution in [0.4, 0.5) is 0 Å². The van der Waals surface area contributed by atoms with E-state index in [1.165, 1.54) is 0 Å². The van der Waals surface area contributed by atoms with Gasteiger partial charge in [-0.1, -0.05) is 0 Å². The van der Waals surface area contributed by atoms with Crippen molar-refractivity contribution in [2.24, 2.45) is 5.41 Å². The SMILES string of the molecule is COC1(C)CCCN(C(=O)C(C)(C)C#N)C1. The van der Waals surface area contributed by atoms with Crippen LogP contribution in [0.15, 0.2) is 0 Å². The summed E-state index contributed by atoms with van der Waals surface area (Å²) in [6.07, 6.45) is 1.89. The van der Waals surface area contributed by atoms with Crippen LogP contribution in [0, 0.1) is 16.7 Å². The van der Waals surface area contributed by atoms with Crippen molar-refractivity contribution in [2.75, 3.05) is 20.2 Å². The van der Waals surface area contributed by atoms with Gasteiger partial charge in [0, 0.05) is 20.2 Å². The average Bonchev–Trinajstić information content (AvgIpc) is 2.28. The van der Waals surface area contributed by atoms with Gasteiger partial charge >= 0.3 is 0 Å². The van der Waals surface area contributed by atoms with Crippen LogP contribution < -0.4 is 0 Å². The summed E-state index contributed by atoms with van der Waals surface area (Å²) < 4.78 is 5.43. The van der Waals surface area contributed by atoms with Crippen LogP contribution in [-0.4, -0.2) is 36.6 Å². The van der Waals surface area contributed by atoms with Gasteiger partial charge in [-0.2, -0.15) is 5.26 Å². The van der Waals surface area contributed by atoms with Gasteiger partial charge in [0.25, 0.3) is 0 Å². The van der Waals surface area contributed by atoms with Gasteiger partial charge in [0.2, 0.25) is 5.91 Å². The molecule has 0 aliphatic carbocycles. The standard InChI is InChI=1S/C12H20N2O2/c1-11(2,8-13)10(15)14-7-5-6-12(3,9-14)16-4/h5-7,9H2,1-4H3. The summed E-state index contributed by atoms with van der Waals surface area (Å²) in [6.45, 7) is 6.63. The van der Waals surface area contributed by atoms with Gasteiger partial charge in [-0.15, -0.1) is 0 Å². The van der Waals surface area contributed by atoms with Crippen molar-refractivity contribution >= 4 is 5.91 Å². The van der Waals surface area contributed by atoms with Crippen LogP contribution in [0.1, 0.15) is 33.6 Å². The van der Waals surface area contributed by atoms with E-state index >= 15 is 0 Å². The summed E-state index contributed by atoms with van der Waals surface area (Å²) >= 11 is 0. The van der Waals surface area contributed by atoms with Crippen LogP contribution in [0.2, 0.25) is 0 Å². The molecule has 1 amide bonds. The lowest BCUT2D eigenvalue weighted by atomic mass is 9.89. The van der Waals surface area contributed by atoms with Crippen molar-refractivity contribution in [1.29, 1.82) is 5.26 Å². The van der Waals surface area contributed by atoms with Gasteiger partial charge in [0.1, 0.15) is 5.41 Å². The molecule has 1 aliphatic rings. The quantitative estimate of drug-likeness (QED) is 0.715. The molecule has 0 N–H and O–H groups in total. The van der Waals surface area contributed by atoms with Gasteiger partial charge in [0.05, 0.1) is 11.7 Å². The average molecular weight is 224 g/mol. The minimum Gasteiger partial charge on any atom is -0.377 e. The van der Waals surface area contributed by atoms with Crippen LogP contribution in [0.3, 0.4) is 0 Å². The Morgan fingerprint density at radius 1 is 1.56 bits per heavy atom. The number of amides is 1. The molecular formula is C12H20N2O2. The zero-order valence-electron chi connectivity index (χ0n) is 10.5. The topological polar surface area (TPSA) is 53.3 Å². The number of hydrogen-bond donors (Lipinski definition) is 0. The van der Waals surface area contributed by atoms with Crippen molar-refractivity contribution in [3.8, 4) is 6.07 Å². The molecule has 0 aromatic rings. The molecule has 90 valence electrons. The molecule has 1 unspecified atom stereocenters. The maximum Gasteiger partial charge on any atom is 0.242 e. The number of hydrogen-bond acceptors (Lipinski definition) is 3. The van der Waals surface area contributed by atoms with Crippen molar-refractivity contribution in [1.82, 2.24) is 4.90 Å². The number of rotatable bonds is 2. The van der Waals surface area contributed by atoms with Crippen molar-refractivity contribution < 1.29 is 9.53 Å². The Labute approximate surface area is 97.2 Å². The lowest BCUT2D eigenvalue weighted by Gasteiger charge is -2.41. The Morgan fingerprint density at radius 2 is 2.19 bits per heavy atom. The van der Waals surface area contributed by atoms with E-state index in [9.17, 15) is 4.79 Å². The van der Waals surface area contributed by atoms with Crippen LogP contribution in [0.5, 0.6) is 0 Å². The second-order valence-electron chi connectivity index (χ2n) is 5.22. The van der Waals surface area contributed by atoms with E-state index in [0.717, 1.165) is 19.4 Å². The molecule has 0 aromatic carbocycles. The summed E-state index contributed by atoms with van der Waals surface area (Å²) in [5, 5.41) is 8.95. The molecule has 0 saturated carbocycles. The molecule has 1 saturated heterocycles.